The Labute approximate surface area is 190 Å². The van der Waals surface area contributed by atoms with E-state index in [1.807, 2.05) is 0 Å². The van der Waals surface area contributed by atoms with Crippen LogP contribution in [-0.2, 0) is 19.1 Å². The molecule has 0 unspecified atom stereocenters. The van der Waals surface area contributed by atoms with Gasteiger partial charge in [0.2, 0.25) is 11.8 Å². The highest BCUT2D eigenvalue weighted by Gasteiger charge is 2.61. The van der Waals surface area contributed by atoms with Crippen LogP contribution < -0.4 is 0 Å². The number of imide groups is 1. The number of benzene rings is 1. The van der Waals surface area contributed by atoms with Crippen LogP contribution in [0.2, 0.25) is 0 Å². The second-order valence-corrected chi connectivity index (χ2v) is 9.77. The number of likely N-dealkylation sites (tertiary alicyclic amines) is 1. The van der Waals surface area contributed by atoms with Crippen molar-refractivity contribution in [2.45, 2.75) is 51.0 Å². The van der Waals surface area contributed by atoms with Crippen molar-refractivity contribution in [3.63, 3.8) is 0 Å². The molecule has 1 aromatic rings. The molecule has 33 heavy (non-hydrogen) atoms. The molecule has 3 aliphatic carbocycles. The molecule has 0 aromatic heterocycles. The van der Waals surface area contributed by atoms with Crippen LogP contribution in [0.3, 0.4) is 0 Å². The Balaban J connectivity index is 1.12. The summed E-state index contributed by atoms with van der Waals surface area (Å²) in [5.74, 6) is -0.779. The summed E-state index contributed by atoms with van der Waals surface area (Å²) >= 11 is 0. The Morgan fingerprint density at radius 3 is 2.06 bits per heavy atom. The molecule has 4 aliphatic rings. The van der Waals surface area contributed by atoms with E-state index < -0.39 is 23.3 Å². The number of rotatable bonds is 6. The zero-order valence-corrected chi connectivity index (χ0v) is 18.2. The number of ether oxygens (including phenoxy) is 1. The molecule has 4 fully saturated rings. The van der Waals surface area contributed by atoms with E-state index in [1.54, 1.807) is 0 Å². The minimum absolute atomic E-state index is 0.00285. The predicted octanol–water partition coefficient (Wildman–Crippen LogP) is 2.91. The van der Waals surface area contributed by atoms with Crippen LogP contribution in [-0.4, -0.2) is 46.0 Å². The van der Waals surface area contributed by atoms with Crippen LogP contribution in [0.5, 0.6) is 0 Å². The molecule has 1 saturated heterocycles. The first-order valence-corrected chi connectivity index (χ1v) is 11.7. The first-order valence-electron chi connectivity index (χ1n) is 11.7. The first-order chi connectivity index (χ1) is 15.8. The highest BCUT2D eigenvalue weighted by atomic mass is 16.6. The van der Waals surface area contributed by atoms with Gasteiger partial charge in [0, 0.05) is 23.7 Å². The van der Waals surface area contributed by atoms with Crippen LogP contribution in [0.15, 0.2) is 24.3 Å². The maximum Gasteiger partial charge on any atom is 0.309 e. The number of hydrogen-bond acceptors (Lipinski definition) is 7. The van der Waals surface area contributed by atoms with E-state index >= 15 is 0 Å². The number of esters is 1. The molecule has 2 amide bonds. The van der Waals surface area contributed by atoms with E-state index in [1.165, 1.54) is 29.2 Å². The van der Waals surface area contributed by atoms with Crippen LogP contribution in [0.1, 0.15) is 55.3 Å². The topological polar surface area (TPSA) is 124 Å². The Hall–Kier alpha value is -3.10. The fourth-order valence-electron chi connectivity index (χ4n) is 6.47. The minimum Gasteiger partial charge on any atom is -0.457 e. The van der Waals surface area contributed by atoms with Gasteiger partial charge in [-0.1, -0.05) is 0 Å². The molecule has 2 bridgehead atoms. The molecule has 1 heterocycles. The molecule has 5 rings (SSSR count). The minimum atomic E-state index is -0.551. The molecular weight excluding hydrogens is 428 g/mol. The van der Waals surface area contributed by atoms with Crippen LogP contribution in [0.25, 0.3) is 0 Å². The zero-order valence-electron chi connectivity index (χ0n) is 18.2. The summed E-state index contributed by atoms with van der Waals surface area (Å²) in [5, 5.41) is 10.7. The smallest absolute Gasteiger partial charge is 0.309 e. The Bertz CT molecular complexity index is 984. The van der Waals surface area contributed by atoms with Gasteiger partial charge in [0.25, 0.3) is 5.69 Å². The maximum absolute atomic E-state index is 13.0. The largest absolute Gasteiger partial charge is 0.457 e. The summed E-state index contributed by atoms with van der Waals surface area (Å²) in [6.45, 7) is -0.425. The lowest BCUT2D eigenvalue weighted by atomic mass is 9.81. The van der Waals surface area contributed by atoms with Crippen molar-refractivity contribution < 1.29 is 28.8 Å². The number of amides is 2. The number of nitrogens with zero attached hydrogens (tertiary/aromatic N) is 2. The number of carbonyl (C=O) groups is 4. The molecule has 9 heteroatoms. The van der Waals surface area contributed by atoms with Gasteiger partial charge in [0.15, 0.2) is 12.4 Å². The third-order valence-electron chi connectivity index (χ3n) is 8.10. The molecule has 1 aromatic carbocycles. The van der Waals surface area contributed by atoms with Gasteiger partial charge in [-0.15, -0.1) is 0 Å². The van der Waals surface area contributed by atoms with E-state index in [0.29, 0.717) is 37.5 Å². The van der Waals surface area contributed by atoms with Crippen molar-refractivity contribution in [3.8, 4) is 0 Å². The quantitative estimate of drug-likeness (QED) is 0.213. The Morgan fingerprint density at radius 2 is 1.52 bits per heavy atom. The number of ketones is 1. The summed E-state index contributed by atoms with van der Waals surface area (Å²) in [6.07, 6.45) is 5.27. The lowest BCUT2D eigenvalue weighted by Gasteiger charge is -2.33. The molecule has 1 aliphatic heterocycles. The SMILES string of the molecule is O=C(COC(=O)C1CCC(N2C(=O)[C@@H]3[C@H]4CC[C@@H](C4)[C@@H]3C2=O)CC1)c1ccc([N+](=O)[O-])cc1. The van der Waals surface area contributed by atoms with E-state index in [9.17, 15) is 29.3 Å². The monoisotopic (exact) mass is 454 g/mol. The lowest BCUT2D eigenvalue weighted by Crippen LogP contribution is -2.44. The fourth-order valence-corrected chi connectivity index (χ4v) is 6.47. The van der Waals surface area contributed by atoms with Gasteiger partial charge in [0.05, 0.1) is 22.7 Å². The maximum atomic E-state index is 13.0. The van der Waals surface area contributed by atoms with Crippen molar-refractivity contribution in [3.05, 3.63) is 39.9 Å². The zero-order chi connectivity index (χ0) is 23.3. The number of nitro benzene ring substituents is 1. The van der Waals surface area contributed by atoms with E-state index in [0.717, 1.165) is 19.3 Å². The molecule has 0 radical (unpaired) electrons. The van der Waals surface area contributed by atoms with E-state index in [2.05, 4.69) is 0 Å². The lowest BCUT2D eigenvalue weighted by molar-refractivity contribution is -0.384. The molecule has 4 atom stereocenters. The number of hydrogen-bond donors (Lipinski definition) is 0. The van der Waals surface area contributed by atoms with E-state index in [-0.39, 0.29) is 46.9 Å². The van der Waals surface area contributed by atoms with Gasteiger partial charge in [-0.2, -0.15) is 0 Å². The van der Waals surface area contributed by atoms with Gasteiger partial charge in [-0.3, -0.25) is 34.2 Å². The van der Waals surface area contributed by atoms with Crippen molar-refractivity contribution in [1.29, 1.82) is 0 Å². The Morgan fingerprint density at radius 1 is 0.939 bits per heavy atom. The predicted molar refractivity (Wildman–Crippen MR) is 114 cm³/mol. The number of fused-ring (bicyclic) bond motifs is 5. The molecule has 0 spiro atoms. The third-order valence-corrected chi connectivity index (χ3v) is 8.10. The highest BCUT2D eigenvalue weighted by Crippen LogP contribution is 2.56. The first kappa shape index (κ1) is 21.7. The highest BCUT2D eigenvalue weighted by molar-refractivity contribution is 6.06. The molecule has 0 N–H and O–H groups in total. The van der Waals surface area contributed by atoms with Gasteiger partial charge in [-0.05, 0) is 68.9 Å². The van der Waals surface area contributed by atoms with Crippen LogP contribution in [0, 0.1) is 39.7 Å². The van der Waals surface area contributed by atoms with Crippen molar-refractivity contribution in [1.82, 2.24) is 4.90 Å². The number of nitro groups is 1. The summed E-state index contributed by atoms with van der Waals surface area (Å²) in [7, 11) is 0. The van der Waals surface area contributed by atoms with Gasteiger partial charge < -0.3 is 4.74 Å². The Kier molecular flexibility index (Phi) is 5.50. The van der Waals surface area contributed by atoms with Crippen molar-refractivity contribution in [2.24, 2.45) is 29.6 Å². The van der Waals surface area contributed by atoms with Crippen LogP contribution >= 0.6 is 0 Å². The number of non-ortho nitro benzene ring substituents is 1. The molecule has 3 saturated carbocycles. The summed E-state index contributed by atoms with van der Waals surface area (Å²) < 4.78 is 5.21. The van der Waals surface area contributed by atoms with Crippen molar-refractivity contribution >= 4 is 29.3 Å². The van der Waals surface area contributed by atoms with Gasteiger partial charge in [0.1, 0.15) is 0 Å². The molecule has 9 nitrogen and oxygen atoms in total. The van der Waals surface area contributed by atoms with Crippen LogP contribution in [0.4, 0.5) is 5.69 Å². The second-order valence-electron chi connectivity index (χ2n) is 9.77. The van der Waals surface area contributed by atoms with Gasteiger partial charge >= 0.3 is 5.97 Å². The number of carbonyl (C=O) groups excluding carboxylic acids is 4. The molecular formula is C24H26N2O7. The van der Waals surface area contributed by atoms with Gasteiger partial charge in [-0.25, -0.2) is 0 Å². The average Bonchev–Trinajstić information content (AvgIpc) is 3.51. The molecule has 174 valence electrons. The fraction of sp³-hybridized carbons (Fsp3) is 0.583. The number of Topliss-reactive ketones (excluding diaryl/α,β-unsaturated/α-hetero) is 1. The summed E-state index contributed by atoms with van der Waals surface area (Å²) in [6, 6.07) is 4.99. The average molecular weight is 454 g/mol. The standard InChI is InChI=1S/C24H26N2O7/c27-19(13-3-9-18(10-4-13)26(31)32)12-33-24(30)14-5-7-17(8-6-14)25-22(28)20-15-1-2-16(11-15)21(20)23(25)29/h3-4,9-10,14-17,20-21H,1-2,5-8,11-12H2/t14?,15-,16-,17?,20-,21+/m0/s1. The summed E-state index contributed by atoms with van der Waals surface area (Å²) in [4.78, 5) is 62.4. The third kappa shape index (κ3) is 3.73. The second kappa shape index (κ2) is 8.35. The van der Waals surface area contributed by atoms with E-state index in [4.69, 9.17) is 4.74 Å². The summed E-state index contributed by atoms with van der Waals surface area (Å²) in [5.41, 5.74) is 0.120. The van der Waals surface area contributed by atoms with Crippen molar-refractivity contribution in [2.75, 3.05) is 6.61 Å². The normalized spacial score (nSPS) is 32.7.